The molecule has 5 heavy (non-hydrogen) atoms. The number of halogens is 2. The number of rotatable bonds is 0. The molecule has 30 valence electrons. The van der Waals surface area contributed by atoms with E-state index in [4.69, 9.17) is 20.3 Å². The molecule has 0 nitrogen and oxygen atoms in total. The SMILES string of the molecule is B.[Cl][Co][Cl].[Na]. The van der Waals surface area contributed by atoms with Crippen LogP contribution in [0.25, 0.3) is 0 Å². The van der Waals surface area contributed by atoms with Crippen molar-refractivity contribution in [2.24, 2.45) is 0 Å². The zero-order valence-electron chi connectivity index (χ0n) is 2.09. The van der Waals surface area contributed by atoms with Gasteiger partial charge in [-0.25, -0.2) is 0 Å². The fraction of sp³-hybridized carbons (Fsp3) is 0. The van der Waals surface area contributed by atoms with Crippen LogP contribution in [0.5, 0.6) is 0 Å². The van der Waals surface area contributed by atoms with Crippen LogP contribution in [0, 0.1) is 0 Å². The summed E-state index contributed by atoms with van der Waals surface area (Å²) in [6.07, 6.45) is 0. The van der Waals surface area contributed by atoms with E-state index < -0.39 is 0 Å². The first-order valence-electron chi connectivity index (χ1n) is 0.252. The summed E-state index contributed by atoms with van der Waals surface area (Å²) in [4.78, 5) is 0. The standard InChI is InChI=1S/BH3.2ClH.Co.Na/h1H3;2*1H;;/q;;;+2;/p-2. The van der Waals surface area contributed by atoms with Gasteiger partial charge in [-0.15, -0.1) is 0 Å². The molecule has 1 radical (unpaired) electrons. The van der Waals surface area contributed by atoms with Gasteiger partial charge in [0.15, 0.2) is 0 Å². The molecule has 0 amide bonds. The molecule has 0 heterocycles. The van der Waals surface area contributed by atoms with E-state index in [1.54, 1.807) is 0 Å². The molecule has 0 aromatic rings. The molecular formula is H3BCl2CoNa. The summed E-state index contributed by atoms with van der Waals surface area (Å²) in [6, 6.07) is 0. The van der Waals surface area contributed by atoms with Crippen molar-refractivity contribution in [3.8, 4) is 0 Å². The number of hydrogen-bond donors (Lipinski definition) is 0. The van der Waals surface area contributed by atoms with Crippen LogP contribution in [-0.2, 0) is 12.9 Å². The molecule has 0 aromatic heterocycles. The van der Waals surface area contributed by atoms with Crippen molar-refractivity contribution < 1.29 is 12.9 Å². The van der Waals surface area contributed by atoms with Crippen LogP contribution < -0.4 is 0 Å². The van der Waals surface area contributed by atoms with Crippen LogP contribution in [0.4, 0.5) is 0 Å². The van der Waals surface area contributed by atoms with E-state index in [9.17, 15) is 0 Å². The maximum atomic E-state index is 4.73. The number of hydrogen-bond acceptors (Lipinski definition) is 0. The molecule has 0 aliphatic heterocycles. The molecule has 0 saturated heterocycles. The Morgan fingerprint density at radius 1 is 1.20 bits per heavy atom. The molecule has 0 aliphatic rings. The largest absolute Gasteiger partial charge is 0 e. The predicted octanol–water partition coefficient (Wildman–Crippen LogP) is -0.188. The monoisotopic (exact) mass is 166 g/mol. The Balaban J connectivity index is -0.0000000200. The quantitative estimate of drug-likeness (QED) is 0.438. The van der Waals surface area contributed by atoms with Gasteiger partial charge in [-0.1, -0.05) is 0 Å². The van der Waals surface area contributed by atoms with E-state index in [1.165, 1.54) is 0 Å². The van der Waals surface area contributed by atoms with Gasteiger partial charge in [0, 0.05) is 29.6 Å². The Morgan fingerprint density at radius 2 is 1.20 bits per heavy atom. The van der Waals surface area contributed by atoms with E-state index in [0.29, 0.717) is 12.9 Å². The third-order valence-electron chi connectivity index (χ3n) is 0. The Labute approximate surface area is 70.3 Å². The van der Waals surface area contributed by atoms with Crippen molar-refractivity contribution in [3.63, 3.8) is 0 Å². The molecule has 0 fully saturated rings. The summed E-state index contributed by atoms with van der Waals surface area (Å²) < 4.78 is 0. The molecule has 0 spiro atoms. The summed E-state index contributed by atoms with van der Waals surface area (Å²) in [5.74, 6) is 0. The average molecular weight is 167 g/mol. The second-order valence-electron chi connectivity index (χ2n) is 0.0476. The summed E-state index contributed by atoms with van der Waals surface area (Å²) in [5.41, 5.74) is 0. The Hall–Kier alpha value is 2.15. The maximum Gasteiger partial charge on any atom is 0 e. The predicted molar refractivity (Wildman–Crippen MR) is 27.4 cm³/mol. The third kappa shape index (κ3) is 22.9. The van der Waals surface area contributed by atoms with Gasteiger partial charge in [-0.3, -0.25) is 0 Å². The Bertz CT molecular complexity index is 9.61. The second-order valence-corrected chi connectivity index (χ2v) is 1.77. The summed E-state index contributed by atoms with van der Waals surface area (Å²) in [6.45, 7) is 0. The molecule has 0 aromatic carbocycles. The van der Waals surface area contributed by atoms with Crippen LogP contribution in [-0.4, -0.2) is 38.0 Å². The van der Waals surface area contributed by atoms with Crippen LogP contribution in [0.15, 0.2) is 0 Å². The topological polar surface area (TPSA) is 0 Å². The molecule has 0 atom stereocenters. The normalized spacial score (nSPS) is 4.40. The van der Waals surface area contributed by atoms with Crippen molar-refractivity contribution in [1.29, 1.82) is 0 Å². The van der Waals surface area contributed by atoms with Gasteiger partial charge >= 0.3 is 33.2 Å². The van der Waals surface area contributed by atoms with E-state index >= 15 is 0 Å². The van der Waals surface area contributed by atoms with Crippen molar-refractivity contribution in [2.45, 2.75) is 0 Å². The molecule has 0 aliphatic carbocycles. The Morgan fingerprint density at radius 3 is 1.20 bits per heavy atom. The van der Waals surface area contributed by atoms with Crippen molar-refractivity contribution in [3.05, 3.63) is 0 Å². The molecule has 0 N–H and O–H groups in total. The summed E-state index contributed by atoms with van der Waals surface area (Å²) in [5, 5.41) is 0. The minimum Gasteiger partial charge on any atom is 0 e. The van der Waals surface area contributed by atoms with Crippen molar-refractivity contribution >= 4 is 58.3 Å². The van der Waals surface area contributed by atoms with Gasteiger partial charge in [0.2, 0.25) is 0 Å². The first-order valence-corrected chi connectivity index (χ1v) is 3.12. The van der Waals surface area contributed by atoms with Crippen LogP contribution in [0.2, 0.25) is 0 Å². The van der Waals surface area contributed by atoms with Gasteiger partial charge in [-0.2, -0.15) is 0 Å². The van der Waals surface area contributed by atoms with E-state index in [1.807, 2.05) is 0 Å². The van der Waals surface area contributed by atoms with Gasteiger partial charge in [0.05, 0.1) is 8.41 Å². The minimum absolute atomic E-state index is 0. The first kappa shape index (κ1) is 15.7. The third-order valence-corrected chi connectivity index (χ3v) is 0. The molecule has 0 rings (SSSR count). The molecule has 0 bridgehead atoms. The maximum absolute atomic E-state index is 4.73. The van der Waals surface area contributed by atoms with Gasteiger partial charge < -0.3 is 0 Å². The molecule has 0 saturated carbocycles. The molecule has 0 unspecified atom stereocenters. The Kier molecular flexibility index (Phi) is 51.6. The minimum atomic E-state index is 0. The smallest absolute Gasteiger partial charge is 0 e. The van der Waals surface area contributed by atoms with E-state index in [-0.39, 0.29) is 38.0 Å². The molecule has 5 heteroatoms. The summed E-state index contributed by atoms with van der Waals surface area (Å²) >= 11 is 0.382. The van der Waals surface area contributed by atoms with E-state index in [0.717, 1.165) is 0 Å². The van der Waals surface area contributed by atoms with E-state index in [2.05, 4.69) is 0 Å². The fourth-order valence-electron chi connectivity index (χ4n) is 0. The van der Waals surface area contributed by atoms with Gasteiger partial charge in [-0.05, 0) is 0 Å². The van der Waals surface area contributed by atoms with Gasteiger partial charge in [0.25, 0.3) is 0 Å². The first-order chi connectivity index (χ1) is 1.41. The molecular weight excluding hydrogens is 164 g/mol. The van der Waals surface area contributed by atoms with Crippen LogP contribution in [0.3, 0.4) is 0 Å². The fourth-order valence-corrected chi connectivity index (χ4v) is 0. The average Bonchev–Trinajstić information content (AvgIpc) is 0.918. The zero-order valence-corrected chi connectivity index (χ0v) is 6.64. The van der Waals surface area contributed by atoms with Crippen molar-refractivity contribution in [2.75, 3.05) is 0 Å². The van der Waals surface area contributed by atoms with Crippen LogP contribution >= 0.6 is 20.3 Å². The van der Waals surface area contributed by atoms with Gasteiger partial charge in [0.1, 0.15) is 0 Å². The second kappa shape index (κ2) is 16.4. The van der Waals surface area contributed by atoms with Crippen molar-refractivity contribution in [1.82, 2.24) is 0 Å². The zero-order chi connectivity index (χ0) is 2.71. The summed E-state index contributed by atoms with van der Waals surface area (Å²) in [7, 11) is 9.47. The van der Waals surface area contributed by atoms with Crippen LogP contribution in [0.1, 0.15) is 0 Å².